The van der Waals surface area contributed by atoms with E-state index in [2.05, 4.69) is 6.92 Å². The monoisotopic (exact) mass is 227 g/mol. The molecule has 1 saturated carbocycles. The maximum atomic E-state index is 11.7. The molecule has 3 heteroatoms. The summed E-state index contributed by atoms with van der Waals surface area (Å²) in [6, 6.07) is 0.410. The van der Waals surface area contributed by atoms with Crippen molar-refractivity contribution in [2.45, 2.75) is 64.3 Å². The highest BCUT2D eigenvalue weighted by atomic mass is 16.6. The number of carbonyl (C=O) groups is 1. The van der Waals surface area contributed by atoms with Crippen LogP contribution in [0.25, 0.3) is 0 Å². The Kier molecular flexibility index (Phi) is 6.27. The maximum absolute atomic E-state index is 11.7. The number of nitrogens with zero attached hydrogens (tertiary/aromatic N) is 1. The van der Waals surface area contributed by atoms with Gasteiger partial charge in [-0.1, -0.05) is 39.0 Å². The molecule has 1 fully saturated rings. The molecule has 0 aromatic rings. The first-order chi connectivity index (χ1) is 7.75. The van der Waals surface area contributed by atoms with Gasteiger partial charge in [-0.3, -0.25) is 0 Å². The molecule has 1 amide bonds. The largest absolute Gasteiger partial charge is 0.449 e. The Hall–Kier alpha value is -0.730. The van der Waals surface area contributed by atoms with Gasteiger partial charge in [-0.15, -0.1) is 0 Å². The van der Waals surface area contributed by atoms with Gasteiger partial charge in [0.1, 0.15) is 0 Å². The Morgan fingerprint density at radius 1 is 1.25 bits per heavy atom. The van der Waals surface area contributed by atoms with Crippen LogP contribution in [0.5, 0.6) is 0 Å². The van der Waals surface area contributed by atoms with Crippen LogP contribution in [0.2, 0.25) is 0 Å². The molecule has 94 valence electrons. The zero-order valence-corrected chi connectivity index (χ0v) is 10.7. The Morgan fingerprint density at radius 2 is 1.94 bits per heavy atom. The van der Waals surface area contributed by atoms with E-state index in [9.17, 15) is 4.79 Å². The fourth-order valence-corrected chi connectivity index (χ4v) is 2.23. The van der Waals surface area contributed by atoms with E-state index in [1.807, 2.05) is 7.05 Å². The summed E-state index contributed by atoms with van der Waals surface area (Å²) in [5.74, 6) is 0. The van der Waals surface area contributed by atoms with Crippen LogP contribution in [-0.4, -0.2) is 30.7 Å². The molecule has 3 nitrogen and oxygen atoms in total. The highest BCUT2D eigenvalue weighted by molar-refractivity contribution is 5.67. The van der Waals surface area contributed by atoms with Gasteiger partial charge >= 0.3 is 6.09 Å². The molecule has 0 aromatic heterocycles. The van der Waals surface area contributed by atoms with Gasteiger partial charge in [0.2, 0.25) is 0 Å². The predicted octanol–water partition coefficient (Wildman–Crippen LogP) is 3.58. The Morgan fingerprint density at radius 3 is 2.56 bits per heavy atom. The maximum Gasteiger partial charge on any atom is 0.409 e. The van der Waals surface area contributed by atoms with Gasteiger partial charge in [-0.2, -0.15) is 0 Å². The average molecular weight is 227 g/mol. The molecule has 16 heavy (non-hydrogen) atoms. The molecule has 1 rings (SSSR count). The zero-order chi connectivity index (χ0) is 11.8. The van der Waals surface area contributed by atoms with Crippen molar-refractivity contribution in [1.29, 1.82) is 0 Å². The molecule has 0 N–H and O–H groups in total. The molecule has 0 aliphatic heterocycles. The van der Waals surface area contributed by atoms with E-state index in [0.717, 1.165) is 32.1 Å². The third-order valence-electron chi connectivity index (χ3n) is 3.38. The van der Waals surface area contributed by atoms with Crippen molar-refractivity contribution in [3.8, 4) is 0 Å². The molecular weight excluding hydrogens is 202 g/mol. The van der Waals surface area contributed by atoms with Crippen LogP contribution in [-0.2, 0) is 4.74 Å². The van der Waals surface area contributed by atoms with E-state index in [1.165, 1.54) is 19.3 Å². The van der Waals surface area contributed by atoms with E-state index in [0.29, 0.717) is 12.6 Å². The lowest BCUT2D eigenvalue weighted by Gasteiger charge is -2.30. The Bertz CT molecular complexity index is 200. The first-order valence-corrected chi connectivity index (χ1v) is 6.65. The summed E-state index contributed by atoms with van der Waals surface area (Å²) in [6.07, 6.45) is 9.24. The van der Waals surface area contributed by atoms with Gasteiger partial charge in [0.25, 0.3) is 0 Å². The van der Waals surface area contributed by atoms with Crippen molar-refractivity contribution >= 4 is 6.09 Å². The molecule has 0 atom stereocenters. The van der Waals surface area contributed by atoms with E-state index >= 15 is 0 Å². The van der Waals surface area contributed by atoms with Crippen LogP contribution < -0.4 is 0 Å². The molecule has 0 heterocycles. The second-order valence-corrected chi connectivity index (χ2v) is 4.72. The van der Waals surface area contributed by atoms with E-state index in [4.69, 9.17) is 4.74 Å². The third kappa shape index (κ3) is 4.42. The van der Waals surface area contributed by atoms with Crippen LogP contribution >= 0.6 is 0 Å². The quantitative estimate of drug-likeness (QED) is 0.672. The zero-order valence-electron chi connectivity index (χ0n) is 10.7. The lowest BCUT2D eigenvalue weighted by atomic mass is 9.95. The molecular formula is C13H25NO2. The van der Waals surface area contributed by atoms with Crippen LogP contribution in [0.15, 0.2) is 0 Å². The van der Waals surface area contributed by atoms with Gasteiger partial charge in [0, 0.05) is 13.1 Å². The van der Waals surface area contributed by atoms with Crippen molar-refractivity contribution in [2.75, 3.05) is 13.7 Å². The smallest absolute Gasteiger partial charge is 0.409 e. The van der Waals surface area contributed by atoms with Crippen molar-refractivity contribution < 1.29 is 9.53 Å². The van der Waals surface area contributed by atoms with Gasteiger partial charge < -0.3 is 9.64 Å². The molecule has 0 unspecified atom stereocenters. The van der Waals surface area contributed by atoms with Crippen LogP contribution in [0.1, 0.15) is 58.3 Å². The first kappa shape index (κ1) is 13.3. The highest BCUT2D eigenvalue weighted by Gasteiger charge is 2.22. The van der Waals surface area contributed by atoms with E-state index < -0.39 is 0 Å². The summed E-state index contributed by atoms with van der Waals surface area (Å²) in [5, 5.41) is 0. The SMILES string of the molecule is CCCCCOC(=O)N(C)C1CCCCC1. The molecule has 0 bridgehead atoms. The number of ether oxygens (including phenoxy) is 1. The second-order valence-electron chi connectivity index (χ2n) is 4.72. The average Bonchev–Trinajstić information content (AvgIpc) is 2.34. The summed E-state index contributed by atoms with van der Waals surface area (Å²) in [7, 11) is 1.87. The fourth-order valence-electron chi connectivity index (χ4n) is 2.23. The summed E-state index contributed by atoms with van der Waals surface area (Å²) < 4.78 is 5.25. The number of carbonyl (C=O) groups excluding carboxylic acids is 1. The molecule has 1 aliphatic carbocycles. The lowest BCUT2D eigenvalue weighted by molar-refractivity contribution is 0.0876. The number of unbranched alkanes of at least 4 members (excludes halogenated alkanes) is 2. The number of rotatable bonds is 5. The van der Waals surface area contributed by atoms with E-state index in [-0.39, 0.29) is 6.09 Å². The summed E-state index contributed by atoms with van der Waals surface area (Å²) in [4.78, 5) is 13.5. The first-order valence-electron chi connectivity index (χ1n) is 6.65. The van der Waals surface area contributed by atoms with Crippen molar-refractivity contribution in [1.82, 2.24) is 4.90 Å². The van der Waals surface area contributed by atoms with Gasteiger partial charge in [-0.05, 0) is 19.3 Å². The van der Waals surface area contributed by atoms with Gasteiger partial charge in [-0.25, -0.2) is 4.79 Å². The van der Waals surface area contributed by atoms with Gasteiger partial charge in [0.15, 0.2) is 0 Å². The molecule has 0 saturated heterocycles. The standard InChI is InChI=1S/C13H25NO2/c1-3-4-8-11-16-13(15)14(2)12-9-6-5-7-10-12/h12H,3-11H2,1-2H3. The van der Waals surface area contributed by atoms with Crippen LogP contribution in [0.4, 0.5) is 4.79 Å². The minimum Gasteiger partial charge on any atom is -0.449 e. The summed E-state index contributed by atoms with van der Waals surface area (Å²) in [5.41, 5.74) is 0. The van der Waals surface area contributed by atoms with Crippen LogP contribution in [0, 0.1) is 0 Å². The molecule has 0 radical (unpaired) electrons. The summed E-state index contributed by atoms with van der Waals surface area (Å²) >= 11 is 0. The minimum atomic E-state index is -0.136. The van der Waals surface area contributed by atoms with Crippen molar-refractivity contribution in [3.63, 3.8) is 0 Å². The molecule has 0 spiro atoms. The number of amides is 1. The highest BCUT2D eigenvalue weighted by Crippen LogP contribution is 2.21. The number of hydrogen-bond acceptors (Lipinski definition) is 2. The lowest BCUT2D eigenvalue weighted by Crippen LogP contribution is -2.38. The topological polar surface area (TPSA) is 29.5 Å². The Labute approximate surface area is 99.1 Å². The number of hydrogen-bond donors (Lipinski definition) is 0. The predicted molar refractivity (Wildman–Crippen MR) is 65.5 cm³/mol. The normalized spacial score (nSPS) is 17.1. The third-order valence-corrected chi connectivity index (χ3v) is 3.38. The van der Waals surface area contributed by atoms with Crippen molar-refractivity contribution in [3.05, 3.63) is 0 Å². The second kappa shape index (κ2) is 7.53. The fraction of sp³-hybridized carbons (Fsp3) is 0.923. The van der Waals surface area contributed by atoms with Crippen LogP contribution in [0.3, 0.4) is 0 Å². The van der Waals surface area contributed by atoms with Gasteiger partial charge in [0.05, 0.1) is 6.61 Å². The minimum absolute atomic E-state index is 0.136. The van der Waals surface area contributed by atoms with E-state index in [1.54, 1.807) is 4.90 Å². The summed E-state index contributed by atoms with van der Waals surface area (Å²) in [6.45, 7) is 2.72. The Balaban J connectivity index is 2.18. The molecule has 0 aromatic carbocycles. The van der Waals surface area contributed by atoms with Crippen molar-refractivity contribution in [2.24, 2.45) is 0 Å². The molecule has 1 aliphatic rings.